The summed E-state index contributed by atoms with van der Waals surface area (Å²) in [6.45, 7) is 1.79. The SMILES string of the molecule is CCOc1cc(-c2c(C(=O)O)c(N)[nH]c(=O)c2C(=O)O)ccc1OCc1ccccc1F. The van der Waals surface area contributed by atoms with E-state index < -0.39 is 40.3 Å². The second-order valence-corrected chi connectivity index (χ2v) is 6.58. The van der Waals surface area contributed by atoms with Gasteiger partial charge in [-0.2, -0.15) is 0 Å². The molecule has 2 aromatic carbocycles. The van der Waals surface area contributed by atoms with Crippen molar-refractivity contribution in [1.82, 2.24) is 4.98 Å². The zero-order valence-electron chi connectivity index (χ0n) is 16.8. The van der Waals surface area contributed by atoms with Crippen LogP contribution in [0.4, 0.5) is 10.2 Å². The lowest BCUT2D eigenvalue weighted by Gasteiger charge is -2.16. The van der Waals surface area contributed by atoms with Gasteiger partial charge < -0.3 is 30.4 Å². The van der Waals surface area contributed by atoms with Gasteiger partial charge >= 0.3 is 11.9 Å². The van der Waals surface area contributed by atoms with Crippen LogP contribution in [-0.2, 0) is 6.61 Å². The van der Waals surface area contributed by atoms with Crippen molar-refractivity contribution in [3.63, 3.8) is 0 Å². The monoisotopic (exact) mass is 442 g/mol. The first-order chi connectivity index (χ1) is 15.2. The molecule has 0 aliphatic carbocycles. The summed E-state index contributed by atoms with van der Waals surface area (Å²) in [5.74, 6) is -3.72. The normalized spacial score (nSPS) is 10.6. The Labute approximate surface area is 180 Å². The molecule has 0 aliphatic heterocycles. The molecular weight excluding hydrogens is 423 g/mol. The number of pyridine rings is 1. The molecule has 3 aromatic rings. The van der Waals surface area contributed by atoms with Crippen molar-refractivity contribution in [3.05, 3.63) is 75.3 Å². The molecule has 32 heavy (non-hydrogen) atoms. The van der Waals surface area contributed by atoms with Gasteiger partial charge in [0.2, 0.25) is 0 Å². The first kappa shape index (κ1) is 22.3. The summed E-state index contributed by atoms with van der Waals surface area (Å²) >= 11 is 0. The first-order valence-corrected chi connectivity index (χ1v) is 9.40. The van der Waals surface area contributed by atoms with Crippen LogP contribution in [0.2, 0.25) is 0 Å². The highest BCUT2D eigenvalue weighted by Crippen LogP contribution is 2.36. The molecule has 0 saturated carbocycles. The summed E-state index contributed by atoms with van der Waals surface area (Å²) in [7, 11) is 0. The maximum Gasteiger partial charge on any atom is 0.342 e. The third-order valence-corrected chi connectivity index (χ3v) is 4.55. The Morgan fingerprint density at radius 1 is 1.03 bits per heavy atom. The highest BCUT2D eigenvalue weighted by Gasteiger charge is 2.27. The molecule has 166 valence electrons. The van der Waals surface area contributed by atoms with Crippen molar-refractivity contribution in [2.24, 2.45) is 0 Å². The van der Waals surface area contributed by atoms with Crippen LogP contribution in [0.15, 0.2) is 47.3 Å². The van der Waals surface area contributed by atoms with E-state index in [2.05, 4.69) is 0 Å². The van der Waals surface area contributed by atoms with Gasteiger partial charge in [0.25, 0.3) is 5.56 Å². The number of carboxylic acid groups (broad SMARTS) is 2. The van der Waals surface area contributed by atoms with Crippen LogP contribution in [-0.4, -0.2) is 33.7 Å². The van der Waals surface area contributed by atoms with Crippen LogP contribution in [0, 0.1) is 5.82 Å². The Morgan fingerprint density at radius 2 is 1.72 bits per heavy atom. The quantitative estimate of drug-likeness (QED) is 0.415. The third kappa shape index (κ3) is 4.38. The number of hydrogen-bond donors (Lipinski definition) is 4. The van der Waals surface area contributed by atoms with Gasteiger partial charge in [0.1, 0.15) is 29.4 Å². The number of rotatable bonds is 8. The van der Waals surface area contributed by atoms with Crippen LogP contribution in [0.1, 0.15) is 33.2 Å². The summed E-state index contributed by atoms with van der Waals surface area (Å²) in [5, 5.41) is 19.1. The molecule has 0 atom stereocenters. The molecule has 0 bridgehead atoms. The molecule has 5 N–H and O–H groups in total. The highest BCUT2D eigenvalue weighted by molar-refractivity contribution is 6.07. The lowest BCUT2D eigenvalue weighted by atomic mass is 9.95. The smallest absolute Gasteiger partial charge is 0.342 e. The number of aromatic nitrogens is 1. The molecule has 0 aliphatic rings. The third-order valence-electron chi connectivity index (χ3n) is 4.55. The van der Waals surface area contributed by atoms with E-state index >= 15 is 0 Å². The molecule has 1 heterocycles. The number of nitrogens with two attached hydrogens (primary N) is 1. The average molecular weight is 442 g/mol. The fraction of sp³-hybridized carbons (Fsp3) is 0.136. The number of anilines is 1. The molecule has 0 unspecified atom stereocenters. The largest absolute Gasteiger partial charge is 0.490 e. The van der Waals surface area contributed by atoms with E-state index in [1.807, 2.05) is 4.98 Å². The van der Waals surface area contributed by atoms with Crippen LogP contribution in [0.25, 0.3) is 11.1 Å². The van der Waals surface area contributed by atoms with Crippen LogP contribution >= 0.6 is 0 Å². The predicted molar refractivity (Wildman–Crippen MR) is 113 cm³/mol. The molecule has 1 aromatic heterocycles. The van der Waals surface area contributed by atoms with E-state index in [1.165, 1.54) is 24.3 Å². The number of H-pyrrole nitrogens is 1. The van der Waals surface area contributed by atoms with Crippen molar-refractivity contribution >= 4 is 17.8 Å². The van der Waals surface area contributed by atoms with E-state index in [0.29, 0.717) is 5.56 Å². The van der Waals surface area contributed by atoms with Crippen LogP contribution in [0.3, 0.4) is 0 Å². The number of carbonyl (C=O) groups is 2. The zero-order valence-corrected chi connectivity index (χ0v) is 16.8. The van der Waals surface area contributed by atoms with Crippen LogP contribution < -0.4 is 20.8 Å². The molecule has 0 fully saturated rings. The topological polar surface area (TPSA) is 152 Å². The predicted octanol–water partition coefficient (Wildman–Crippen LogP) is 3.14. The number of nitrogen functional groups attached to an aromatic ring is 1. The van der Waals surface area contributed by atoms with Crippen molar-refractivity contribution in [2.45, 2.75) is 13.5 Å². The fourth-order valence-electron chi connectivity index (χ4n) is 3.16. The Hall–Kier alpha value is -4.34. The van der Waals surface area contributed by atoms with Gasteiger partial charge in [-0.25, -0.2) is 14.0 Å². The molecule has 0 spiro atoms. The molecule has 9 nitrogen and oxygen atoms in total. The van der Waals surface area contributed by atoms with Crippen molar-refractivity contribution in [3.8, 4) is 22.6 Å². The summed E-state index contributed by atoms with van der Waals surface area (Å²) < 4.78 is 25.1. The number of ether oxygens (including phenoxy) is 2. The van der Waals surface area contributed by atoms with E-state index in [4.69, 9.17) is 15.2 Å². The van der Waals surface area contributed by atoms with Gasteiger partial charge in [0.15, 0.2) is 11.5 Å². The maximum atomic E-state index is 13.9. The number of aromatic carboxylic acids is 2. The summed E-state index contributed by atoms with van der Waals surface area (Å²) in [5.41, 5.74) is 3.28. The second-order valence-electron chi connectivity index (χ2n) is 6.58. The standard InChI is InChI=1S/C22H19FN2O7/c1-2-31-15-9-11(7-8-14(15)32-10-12-5-3-4-6-13(12)23)16-17(21(27)28)19(24)25-20(26)18(16)22(29)30/h3-9H,2,10H2,1H3,(H,27,28)(H,29,30)(H3,24,25,26). The Morgan fingerprint density at radius 3 is 2.34 bits per heavy atom. The summed E-state index contributed by atoms with van der Waals surface area (Å²) in [6.07, 6.45) is 0. The Balaban J connectivity index is 2.13. The fourth-order valence-corrected chi connectivity index (χ4v) is 3.16. The summed E-state index contributed by atoms with van der Waals surface area (Å²) in [6, 6.07) is 10.2. The lowest BCUT2D eigenvalue weighted by Crippen LogP contribution is -2.24. The maximum absolute atomic E-state index is 13.9. The minimum atomic E-state index is -1.62. The molecular formula is C22H19FN2O7. The van der Waals surface area contributed by atoms with Gasteiger partial charge in [-0.05, 0) is 30.7 Å². The second kappa shape index (κ2) is 9.21. The number of benzene rings is 2. The van der Waals surface area contributed by atoms with E-state index in [1.54, 1.807) is 25.1 Å². The number of carboxylic acids is 2. The van der Waals surface area contributed by atoms with Crippen LogP contribution in [0.5, 0.6) is 11.5 Å². The molecule has 10 heteroatoms. The Kier molecular flexibility index (Phi) is 6.43. The lowest BCUT2D eigenvalue weighted by molar-refractivity contribution is 0.0695. The van der Waals surface area contributed by atoms with E-state index in [0.717, 1.165) is 0 Å². The number of nitrogens with one attached hydrogen (secondary N) is 1. The van der Waals surface area contributed by atoms with Gasteiger partial charge in [-0.3, -0.25) is 4.79 Å². The zero-order chi connectivity index (χ0) is 23.4. The van der Waals surface area contributed by atoms with Gasteiger partial charge in [0, 0.05) is 11.1 Å². The molecule has 3 rings (SSSR count). The summed E-state index contributed by atoms with van der Waals surface area (Å²) in [4.78, 5) is 37.8. The molecule has 0 amide bonds. The van der Waals surface area contributed by atoms with Gasteiger partial charge in [-0.15, -0.1) is 0 Å². The van der Waals surface area contributed by atoms with Crippen molar-refractivity contribution < 1.29 is 33.7 Å². The van der Waals surface area contributed by atoms with Gasteiger partial charge in [-0.1, -0.05) is 24.3 Å². The number of halogens is 1. The van der Waals surface area contributed by atoms with E-state index in [9.17, 15) is 29.0 Å². The highest BCUT2D eigenvalue weighted by atomic mass is 19.1. The van der Waals surface area contributed by atoms with Crippen molar-refractivity contribution in [2.75, 3.05) is 12.3 Å². The number of hydrogen-bond acceptors (Lipinski definition) is 6. The minimum absolute atomic E-state index is 0.0688. The van der Waals surface area contributed by atoms with E-state index in [-0.39, 0.29) is 35.8 Å². The molecule has 0 radical (unpaired) electrons. The first-order valence-electron chi connectivity index (χ1n) is 9.40. The van der Waals surface area contributed by atoms with Crippen molar-refractivity contribution in [1.29, 1.82) is 0 Å². The Bertz CT molecular complexity index is 1250. The van der Waals surface area contributed by atoms with Gasteiger partial charge in [0.05, 0.1) is 6.61 Å². The molecule has 0 saturated heterocycles. The average Bonchev–Trinajstić information content (AvgIpc) is 2.72. The number of aromatic amines is 1. The minimum Gasteiger partial charge on any atom is -0.490 e.